The monoisotopic (exact) mass is 533 g/mol. The Kier molecular flexibility index (Phi) is 6.15. The van der Waals surface area contributed by atoms with E-state index in [1.165, 1.54) is 7.11 Å². The number of alkyl halides is 3. The van der Waals surface area contributed by atoms with Crippen molar-refractivity contribution in [1.82, 2.24) is 0 Å². The number of ether oxygens (including phenoxy) is 2. The van der Waals surface area contributed by atoms with E-state index in [2.05, 4.69) is 9.89 Å². The third kappa shape index (κ3) is 3.80. The van der Waals surface area contributed by atoms with Gasteiger partial charge in [-0.25, -0.2) is 4.79 Å². The zero-order chi connectivity index (χ0) is 22.6. The van der Waals surface area contributed by atoms with Crippen molar-refractivity contribution in [2.24, 2.45) is 5.16 Å². The zero-order valence-corrected chi connectivity index (χ0v) is 19.6. The molecule has 0 radical (unpaired) electrons. The topological polar surface area (TPSA) is 57.1 Å². The molecule has 0 saturated carbocycles. The molecule has 31 heavy (non-hydrogen) atoms. The summed E-state index contributed by atoms with van der Waals surface area (Å²) < 4.78 is 52.5. The molecule has 2 aromatic rings. The van der Waals surface area contributed by atoms with Gasteiger partial charge in [-0.3, -0.25) is 0 Å². The number of hydrogen-bond donors (Lipinski definition) is 0. The highest BCUT2D eigenvalue weighted by molar-refractivity contribution is 7.18. The van der Waals surface area contributed by atoms with E-state index in [1.807, 2.05) is 0 Å². The first-order valence-corrected chi connectivity index (χ1v) is 11.7. The Morgan fingerprint density at radius 2 is 1.81 bits per heavy atom. The fraction of sp³-hybridized carbons (Fsp3) is 0.444. The van der Waals surface area contributed by atoms with Gasteiger partial charge in [0.1, 0.15) is 10.0 Å². The lowest BCUT2D eigenvalue weighted by atomic mass is 9.89. The van der Waals surface area contributed by atoms with Crippen LogP contribution >= 0.6 is 57.5 Å². The van der Waals surface area contributed by atoms with Crippen LogP contribution in [0.3, 0.4) is 0 Å². The standard InChI is InChI=1S/C18H13Cl3F3NO4S2/c1-27-16(26)28-15-8-5-3-2-4-7(8)12(30-15)9-6-17(29-25-9,18(22,23)24)13-10(19)11(20)14(21)31-13/h2-6H2,1H3. The predicted molar refractivity (Wildman–Crippen MR) is 113 cm³/mol. The van der Waals surface area contributed by atoms with Crippen LogP contribution in [0.2, 0.25) is 14.4 Å². The van der Waals surface area contributed by atoms with Gasteiger partial charge >= 0.3 is 12.3 Å². The van der Waals surface area contributed by atoms with Crippen LogP contribution in [0.15, 0.2) is 5.16 Å². The highest BCUT2D eigenvalue weighted by atomic mass is 35.5. The third-order valence-corrected chi connectivity index (χ3v) is 9.01. The average Bonchev–Trinajstić information content (AvgIpc) is 3.39. The van der Waals surface area contributed by atoms with Crippen molar-refractivity contribution in [3.05, 3.63) is 35.3 Å². The normalized spacial score (nSPS) is 20.8. The lowest BCUT2D eigenvalue weighted by Crippen LogP contribution is -2.42. The minimum atomic E-state index is -4.85. The molecule has 168 valence electrons. The number of carbonyl (C=O) groups is 1. The summed E-state index contributed by atoms with van der Waals surface area (Å²) in [4.78, 5) is 16.8. The number of methoxy groups -OCH3 is 1. The molecule has 0 N–H and O–H groups in total. The van der Waals surface area contributed by atoms with Gasteiger partial charge in [-0.2, -0.15) is 13.2 Å². The molecule has 0 saturated heterocycles. The summed E-state index contributed by atoms with van der Waals surface area (Å²) in [6.45, 7) is 0. The van der Waals surface area contributed by atoms with Crippen LogP contribution in [0.1, 0.15) is 40.1 Å². The SMILES string of the molecule is COC(=O)Oc1sc(C2=NOC(c3sc(Cl)c(Cl)c3Cl)(C(F)(F)F)C2)c2c1CCCC2. The van der Waals surface area contributed by atoms with Crippen molar-refractivity contribution in [2.45, 2.75) is 43.9 Å². The molecule has 4 rings (SSSR count). The molecule has 0 fully saturated rings. The molecule has 13 heteroatoms. The Bertz CT molecular complexity index is 1080. The number of hydrogen-bond acceptors (Lipinski definition) is 7. The summed E-state index contributed by atoms with van der Waals surface area (Å²) in [7, 11) is 1.18. The van der Waals surface area contributed by atoms with Crippen LogP contribution in [0.25, 0.3) is 0 Å². The van der Waals surface area contributed by atoms with E-state index in [-0.39, 0.29) is 25.0 Å². The molecule has 2 aromatic heterocycles. The second-order valence-electron chi connectivity index (χ2n) is 6.90. The molecule has 0 spiro atoms. The van der Waals surface area contributed by atoms with E-state index >= 15 is 0 Å². The molecule has 0 amide bonds. The van der Waals surface area contributed by atoms with Crippen LogP contribution in [-0.4, -0.2) is 25.2 Å². The predicted octanol–water partition coefficient (Wildman–Crippen LogP) is 7.38. The Morgan fingerprint density at radius 1 is 1.13 bits per heavy atom. The number of rotatable bonds is 3. The number of halogens is 6. The van der Waals surface area contributed by atoms with E-state index in [4.69, 9.17) is 44.4 Å². The lowest BCUT2D eigenvalue weighted by molar-refractivity contribution is -0.274. The summed E-state index contributed by atoms with van der Waals surface area (Å²) >= 11 is 19.6. The van der Waals surface area contributed by atoms with Gasteiger partial charge in [-0.1, -0.05) is 51.3 Å². The van der Waals surface area contributed by atoms with Gasteiger partial charge < -0.3 is 14.3 Å². The van der Waals surface area contributed by atoms with Crippen LogP contribution in [0.4, 0.5) is 18.0 Å². The Morgan fingerprint density at radius 3 is 2.39 bits per heavy atom. The average molecular weight is 535 g/mol. The smallest absolute Gasteiger partial charge is 0.437 e. The molecular weight excluding hydrogens is 522 g/mol. The Hall–Kier alpha value is -1.20. The Balaban J connectivity index is 1.76. The van der Waals surface area contributed by atoms with Gasteiger partial charge in [0.2, 0.25) is 0 Å². The van der Waals surface area contributed by atoms with Gasteiger partial charge in [0, 0.05) is 5.56 Å². The van der Waals surface area contributed by atoms with E-state index in [9.17, 15) is 18.0 Å². The maximum atomic E-state index is 14.3. The lowest BCUT2D eigenvalue weighted by Gasteiger charge is -2.28. The highest BCUT2D eigenvalue weighted by Gasteiger charge is 2.64. The van der Waals surface area contributed by atoms with Crippen molar-refractivity contribution in [3.8, 4) is 5.06 Å². The molecule has 0 bridgehead atoms. The van der Waals surface area contributed by atoms with Crippen molar-refractivity contribution in [3.63, 3.8) is 0 Å². The first-order valence-electron chi connectivity index (χ1n) is 8.95. The molecule has 1 atom stereocenters. The first-order chi connectivity index (χ1) is 14.6. The van der Waals surface area contributed by atoms with Crippen LogP contribution < -0.4 is 4.74 Å². The molecule has 3 heterocycles. The van der Waals surface area contributed by atoms with Crippen molar-refractivity contribution >= 4 is 69.3 Å². The van der Waals surface area contributed by atoms with Crippen LogP contribution in [0.5, 0.6) is 5.06 Å². The van der Waals surface area contributed by atoms with Crippen LogP contribution in [0, 0.1) is 0 Å². The summed E-state index contributed by atoms with van der Waals surface area (Å²) in [5, 5.41) is 3.62. The van der Waals surface area contributed by atoms with Gasteiger partial charge in [-0.15, -0.1) is 11.3 Å². The minimum Gasteiger partial charge on any atom is -0.437 e. The third-order valence-electron chi connectivity index (χ3n) is 5.10. The summed E-state index contributed by atoms with van der Waals surface area (Å²) in [6, 6.07) is 0. The molecule has 1 unspecified atom stereocenters. The van der Waals surface area contributed by atoms with E-state index < -0.39 is 24.4 Å². The number of thiophene rings is 2. The molecule has 5 nitrogen and oxygen atoms in total. The maximum Gasteiger partial charge on any atom is 0.514 e. The quantitative estimate of drug-likeness (QED) is 0.386. The number of oxime groups is 1. The van der Waals surface area contributed by atoms with Gasteiger partial charge in [0.05, 0.1) is 33.3 Å². The first kappa shape index (κ1) is 23.0. The van der Waals surface area contributed by atoms with Crippen molar-refractivity contribution in [1.29, 1.82) is 0 Å². The zero-order valence-electron chi connectivity index (χ0n) is 15.7. The number of nitrogens with zero attached hydrogens (tertiary/aromatic N) is 1. The second-order valence-corrected chi connectivity index (χ2v) is 10.3. The Labute approximate surface area is 197 Å². The summed E-state index contributed by atoms with van der Waals surface area (Å²) in [6.07, 6.45) is -3.37. The minimum absolute atomic E-state index is 0.0652. The molecule has 1 aliphatic carbocycles. The summed E-state index contributed by atoms with van der Waals surface area (Å²) in [5.74, 6) is 0. The number of carbonyl (C=O) groups excluding carboxylic acids is 1. The van der Waals surface area contributed by atoms with E-state index in [0.717, 1.165) is 35.3 Å². The van der Waals surface area contributed by atoms with E-state index in [0.29, 0.717) is 34.1 Å². The summed E-state index contributed by atoms with van der Waals surface area (Å²) in [5.41, 5.74) is -1.12. The fourth-order valence-corrected chi connectivity index (χ4v) is 6.84. The molecule has 2 aliphatic rings. The molecule has 1 aliphatic heterocycles. The van der Waals surface area contributed by atoms with Gasteiger partial charge in [0.15, 0.2) is 5.06 Å². The van der Waals surface area contributed by atoms with Crippen LogP contribution in [-0.2, 0) is 28.0 Å². The van der Waals surface area contributed by atoms with Gasteiger partial charge in [-0.05, 0) is 31.2 Å². The maximum absolute atomic E-state index is 14.3. The largest absolute Gasteiger partial charge is 0.514 e. The van der Waals surface area contributed by atoms with Crippen molar-refractivity contribution < 1.29 is 32.3 Å². The molecular formula is C18H13Cl3F3NO4S2. The second kappa shape index (κ2) is 8.30. The molecule has 0 aromatic carbocycles. The van der Waals surface area contributed by atoms with Crippen molar-refractivity contribution in [2.75, 3.05) is 7.11 Å². The fourth-order valence-electron chi connectivity index (χ4n) is 3.61. The number of fused-ring (bicyclic) bond motifs is 1. The highest BCUT2D eigenvalue weighted by Crippen LogP contribution is 2.56. The van der Waals surface area contributed by atoms with E-state index in [1.54, 1.807) is 0 Å². The van der Waals surface area contributed by atoms with Gasteiger partial charge in [0.25, 0.3) is 5.60 Å².